The van der Waals surface area contributed by atoms with Gasteiger partial charge in [-0.25, -0.2) is 4.98 Å². The van der Waals surface area contributed by atoms with Gasteiger partial charge >= 0.3 is 5.97 Å². The molecular weight excluding hydrogens is 452 g/mol. The number of benzene rings is 3. The lowest BCUT2D eigenvalue weighted by atomic mass is 10.0. The Morgan fingerprint density at radius 3 is 2.11 bits per heavy atom. The van der Waals surface area contributed by atoms with Crippen LogP contribution in [0.1, 0.15) is 31.2 Å². The van der Waals surface area contributed by atoms with E-state index in [1.165, 1.54) is 0 Å². The predicted octanol–water partition coefficient (Wildman–Crippen LogP) is 6.66. The largest absolute Gasteiger partial charge is 0.497 e. The summed E-state index contributed by atoms with van der Waals surface area (Å²) in [5.41, 5.74) is 5.28. The number of aromatic nitrogens is 2. The predicted molar refractivity (Wildman–Crippen MR) is 143 cm³/mol. The Balaban J connectivity index is 1.40. The van der Waals surface area contributed by atoms with Crippen molar-refractivity contribution in [3.05, 3.63) is 90.4 Å². The molecule has 0 spiro atoms. The van der Waals surface area contributed by atoms with Gasteiger partial charge in [-0.3, -0.25) is 4.79 Å². The van der Waals surface area contributed by atoms with Crippen LogP contribution in [0.3, 0.4) is 0 Å². The van der Waals surface area contributed by atoms with Crippen molar-refractivity contribution < 1.29 is 19.4 Å². The van der Waals surface area contributed by atoms with E-state index in [2.05, 4.69) is 48.0 Å². The SMILES string of the molecule is CCn1cc(-c2ccc(OC)cc2)nc1/C=C/c1ccc(-c2ccc(OCCCC(=O)O)cc2)cc1. The second-order valence-corrected chi connectivity index (χ2v) is 8.32. The van der Waals surface area contributed by atoms with Crippen LogP contribution in [-0.2, 0) is 11.3 Å². The van der Waals surface area contributed by atoms with Crippen molar-refractivity contribution in [1.29, 1.82) is 0 Å². The van der Waals surface area contributed by atoms with E-state index in [0.717, 1.165) is 51.8 Å². The summed E-state index contributed by atoms with van der Waals surface area (Å²) in [5, 5.41) is 8.70. The van der Waals surface area contributed by atoms with Crippen molar-refractivity contribution in [1.82, 2.24) is 9.55 Å². The lowest BCUT2D eigenvalue weighted by Gasteiger charge is -2.07. The van der Waals surface area contributed by atoms with Gasteiger partial charge in [-0.2, -0.15) is 0 Å². The van der Waals surface area contributed by atoms with Gasteiger partial charge in [0.05, 0.1) is 19.4 Å². The maximum atomic E-state index is 10.6. The number of aliphatic carboxylic acids is 1. The number of nitrogens with zero attached hydrogens (tertiary/aromatic N) is 2. The molecular formula is C30H30N2O4. The molecule has 4 aromatic rings. The minimum absolute atomic E-state index is 0.114. The Morgan fingerprint density at radius 2 is 1.50 bits per heavy atom. The molecule has 0 aliphatic carbocycles. The molecule has 1 N–H and O–H groups in total. The maximum absolute atomic E-state index is 10.6. The van der Waals surface area contributed by atoms with Crippen molar-refractivity contribution in [3.63, 3.8) is 0 Å². The van der Waals surface area contributed by atoms with Gasteiger partial charge in [0.1, 0.15) is 17.3 Å². The zero-order valence-corrected chi connectivity index (χ0v) is 20.6. The minimum Gasteiger partial charge on any atom is -0.497 e. The molecule has 3 aromatic carbocycles. The molecule has 0 radical (unpaired) electrons. The summed E-state index contributed by atoms with van der Waals surface area (Å²) in [7, 11) is 1.66. The zero-order valence-electron chi connectivity index (χ0n) is 20.6. The van der Waals surface area contributed by atoms with E-state index in [4.69, 9.17) is 19.6 Å². The third-order valence-electron chi connectivity index (χ3n) is 5.86. The van der Waals surface area contributed by atoms with Crippen LogP contribution < -0.4 is 9.47 Å². The van der Waals surface area contributed by atoms with Crippen LogP contribution in [0.4, 0.5) is 0 Å². The van der Waals surface area contributed by atoms with E-state index >= 15 is 0 Å². The number of ether oxygens (including phenoxy) is 2. The molecule has 0 aliphatic rings. The topological polar surface area (TPSA) is 73.6 Å². The van der Waals surface area contributed by atoms with Crippen molar-refractivity contribution >= 4 is 18.1 Å². The Labute approximate surface area is 211 Å². The molecule has 0 atom stereocenters. The van der Waals surface area contributed by atoms with Crippen molar-refractivity contribution in [2.24, 2.45) is 0 Å². The number of carboxylic acids is 1. The Bertz CT molecular complexity index is 1300. The average Bonchev–Trinajstić information content (AvgIpc) is 3.34. The minimum atomic E-state index is -0.805. The Hall–Kier alpha value is -4.32. The molecule has 0 saturated carbocycles. The summed E-state index contributed by atoms with van der Waals surface area (Å²) in [6, 6.07) is 24.1. The lowest BCUT2D eigenvalue weighted by Crippen LogP contribution is -2.01. The van der Waals surface area contributed by atoms with E-state index in [0.29, 0.717) is 13.0 Å². The van der Waals surface area contributed by atoms with E-state index in [-0.39, 0.29) is 6.42 Å². The van der Waals surface area contributed by atoms with Crippen molar-refractivity contribution in [2.75, 3.05) is 13.7 Å². The zero-order chi connectivity index (χ0) is 25.3. The summed E-state index contributed by atoms with van der Waals surface area (Å²) in [4.78, 5) is 15.4. The number of imidazole rings is 1. The smallest absolute Gasteiger partial charge is 0.303 e. The second-order valence-electron chi connectivity index (χ2n) is 8.32. The van der Waals surface area contributed by atoms with Gasteiger partial charge in [-0.05, 0) is 72.5 Å². The number of carboxylic acid groups (broad SMARTS) is 1. The van der Waals surface area contributed by atoms with Crippen LogP contribution in [0.2, 0.25) is 0 Å². The quantitative estimate of drug-likeness (QED) is 0.242. The highest BCUT2D eigenvalue weighted by atomic mass is 16.5. The molecule has 1 heterocycles. The molecule has 4 rings (SSSR count). The lowest BCUT2D eigenvalue weighted by molar-refractivity contribution is -0.137. The number of carbonyl (C=O) groups is 1. The number of hydrogen-bond acceptors (Lipinski definition) is 4. The van der Waals surface area contributed by atoms with E-state index in [9.17, 15) is 4.79 Å². The average molecular weight is 483 g/mol. The molecule has 0 bridgehead atoms. The fourth-order valence-electron chi connectivity index (χ4n) is 3.83. The van der Waals surface area contributed by atoms with Gasteiger partial charge in [0.15, 0.2) is 0 Å². The molecule has 0 unspecified atom stereocenters. The number of hydrogen-bond donors (Lipinski definition) is 1. The molecule has 0 fully saturated rings. The summed E-state index contributed by atoms with van der Waals surface area (Å²) in [6.45, 7) is 3.34. The van der Waals surface area contributed by atoms with Gasteiger partial charge in [0.2, 0.25) is 0 Å². The molecule has 6 nitrogen and oxygen atoms in total. The molecule has 1 aromatic heterocycles. The van der Waals surface area contributed by atoms with Crippen LogP contribution in [0, 0.1) is 0 Å². The molecule has 6 heteroatoms. The molecule has 0 saturated heterocycles. The number of rotatable bonds is 11. The maximum Gasteiger partial charge on any atom is 0.303 e. The van der Waals surface area contributed by atoms with Gasteiger partial charge < -0.3 is 19.1 Å². The fourth-order valence-corrected chi connectivity index (χ4v) is 3.83. The summed E-state index contributed by atoms with van der Waals surface area (Å²) in [6.07, 6.45) is 6.80. The first-order valence-electron chi connectivity index (χ1n) is 12.0. The van der Waals surface area contributed by atoms with Crippen LogP contribution in [0.5, 0.6) is 11.5 Å². The van der Waals surface area contributed by atoms with E-state index in [1.807, 2.05) is 54.6 Å². The molecule has 36 heavy (non-hydrogen) atoms. The molecule has 0 aliphatic heterocycles. The molecule has 0 amide bonds. The Morgan fingerprint density at radius 1 is 0.889 bits per heavy atom. The first kappa shape index (κ1) is 24.8. The van der Waals surface area contributed by atoms with Crippen LogP contribution >= 0.6 is 0 Å². The summed E-state index contributed by atoms with van der Waals surface area (Å²) in [5.74, 6) is 1.67. The van der Waals surface area contributed by atoms with Crippen LogP contribution in [0.15, 0.2) is 79.0 Å². The van der Waals surface area contributed by atoms with E-state index in [1.54, 1.807) is 7.11 Å². The first-order chi connectivity index (χ1) is 17.6. The highest BCUT2D eigenvalue weighted by molar-refractivity contribution is 5.72. The monoisotopic (exact) mass is 482 g/mol. The van der Waals surface area contributed by atoms with Gasteiger partial charge in [0.25, 0.3) is 0 Å². The standard InChI is InChI=1S/C30H30N2O4/c1-3-32-21-28(25-13-15-26(35-2)16-14-25)31-29(32)19-8-22-6-9-23(10-7-22)24-11-17-27(18-12-24)36-20-4-5-30(33)34/h6-19,21H,3-5,20H2,1-2H3,(H,33,34)/b19-8+. The number of aryl methyl sites for hydroxylation is 1. The summed E-state index contributed by atoms with van der Waals surface area (Å²) < 4.78 is 13.0. The van der Waals surface area contributed by atoms with Crippen LogP contribution in [-0.4, -0.2) is 34.3 Å². The third-order valence-corrected chi connectivity index (χ3v) is 5.86. The van der Waals surface area contributed by atoms with Crippen molar-refractivity contribution in [3.8, 4) is 33.9 Å². The third kappa shape index (κ3) is 6.42. The van der Waals surface area contributed by atoms with E-state index < -0.39 is 5.97 Å². The number of methoxy groups -OCH3 is 1. The Kier molecular flexibility index (Phi) is 8.19. The second kappa shape index (κ2) is 11.9. The molecule has 184 valence electrons. The van der Waals surface area contributed by atoms with Crippen LogP contribution in [0.25, 0.3) is 34.5 Å². The van der Waals surface area contributed by atoms with Gasteiger partial charge in [-0.15, -0.1) is 0 Å². The highest BCUT2D eigenvalue weighted by Crippen LogP contribution is 2.25. The van der Waals surface area contributed by atoms with Gasteiger partial charge in [0, 0.05) is 24.7 Å². The van der Waals surface area contributed by atoms with Crippen molar-refractivity contribution in [2.45, 2.75) is 26.3 Å². The fraction of sp³-hybridized carbons (Fsp3) is 0.200. The summed E-state index contributed by atoms with van der Waals surface area (Å²) >= 11 is 0. The highest BCUT2D eigenvalue weighted by Gasteiger charge is 2.07. The first-order valence-corrected chi connectivity index (χ1v) is 12.0. The van der Waals surface area contributed by atoms with Gasteiger partial charge in [-0.1, -0.05) is 42.5 Å². The normalized spacial score (nSPS) is 11.1.